The van der Waals surface area contributed by atoms with Gasteiger partial charge in [-0.3, -0.25) is 14.6 Å². The minimum absolute atomic E-state index is 0.150. The molecule has 1 aromatic carbocycles. The Balaban J connectivity index is 1.63. The summed E-state index contributed by atoms with van der Waals surface area (Å²) in [5.41, 5.74) is 2.50. The van der Waals surface area contributed by atoms with Crippen molar-refractivity contribution in [1.29, 1.82) is 0 Å². The molecule has 1 atom stereocenters. The molecule has 0 radical (unpaired) electrons. The predicted octanol–water partition coefficient (Wildman–Crippen LogP) is 2.82. The number of anilines is 1. The number of carbonyl (C=O) groups excluding carboxylic acids is 2. The standard InChI is InChI=1S/C18H18BrN3O2/c1-12-4-2-6-14(21-12)11-20-17(23)16-8-9-22(18(16)24)15-7-3-5-13(19)10-15/h2-7,10,16H,8-9,11H2,1H3,(H,20,23). The monoisotopic (exact) mass is 387 g/mol. The maximum Gasteiger partial charge on any atom is 0.239 e. The summed E-state index contributed by atoms with van der Waals surface area (Å²) in [7, 11) is 0. The van der Waals surface area contributed by atoms with E-state index in [0.717, 1.165) is 21.5 Å². The Labute approximate surface area is 149 Å². The average Bonchev–Trinajstić information content (AvgIpc) is 2.94. The molecule has 3 rings (SSSR count). The zero-order chi connectivity index (χ0) is 17.1. The molecule has 0 saturated carbocycles. The van der Waals surface area contributed by atoms with Crippen molar-refractivity contribution in [2.75, 3.05) is 11.4 Å². The minimum Gasteiger partial charge on any atom is -0.350 e. The SMILES string of the molecule is Cc1cccc(CNC(=O)C2CCN(c3cccc(Br)c3)C2=O)n1. The predicted molar refractivity (Wildman–Crippen MR) is 95.4 cm³/mol. The van der Waals surface area contributed by atoms with Gasteiger partial charge in [0.2, 0.25) is 11.8 Å². The van der Waals surface area contributed by atoms with Crippen molar-refractivity contribution in [2.24, 2.45) is 5.92 Å². The number of hydrogen-bond donors (Lipinski definition) is 1. The van der Waals surface area contributed by atoms with Gasteiger partial charge in [-0.2, -0.15) is 0 Å². The number of aryl methyl sites for hydroxylation is 1. The second-order valence-electron chi connectivity index (χ2n) is 5.80. The number of benzene rings is 1. The summed E-state index contributed by atoms with van der Waals surface area (Å²) in [5, 5.41) is 2.82. The van der Waals surface area contributed by atoms with E-state index < -0.39 is 5.92 Å². The quantitative estimate of drug-likeness (QED) is 0.820. The van der Waals surface area contributed by atoms with Crippen molar-refractivity contribution in [3.8, 4) is 0 Å². The van der Waals surface area contributed by atoms with E-state index in [0.29, 0.717) is 19.5 Å². The normalized spacial score (nSPS) is 17.2. The number of amides is 2. The maximum absolute atomic E-state index is 12.6. The lowest BCUT2D eigenvalue weighted by molar-refractivity contribution is -0.132. The molecule has 1 N–H and O–H groups in total. The van der Waals surface area contributed by atoms with E-state index in [4.69, 9.17) is 0 Å². The van der Waals surface area contributed by atoms with Crippen molar-refractivity contribution < 1.29 is 9.59 Å². The molecular weight excluding hydrogens is 370 g/mol. The van der Waals surface area contributed by atoms with E-state index in [1.807, 2.05) is 49.4 Å². The van der Waals surface area contributed by atoms with Crippen LogP contribution in [0.15, 0.2) is 46.9 Å². The van der Waals surface area contributed by atoms with Crippen molar-refractivity contribution in [1.82, 2.24) is 10.3 Å². The van der Waals surface area contributed by atoms with Crippen LogP contribution in [0.2, 0.25) is 0 Å². The van der Waals surface area contributed by atoms with Crippen molar-refractivity contribution in [2.45, 2.75) is 19.9 Å². The van der Waals surface area contributed by atoms with Gasteiger partial charge in [0, 0.05) is 22.4 Å². The van der Waals surface area contributed by atoms with Crippen LogP contribution in [0.1, 0.15) is 17.8 Å². The van der Waals surface area contributed by atoms with Crippen LogP contribution in [-0.2, 0) is 16.1 Å². The minimum atomic E-state index is -0.631. The highest BCUT2D eigenvalue weighted by Crippen LogP contribution is 2.27. The highest BCUT2D eigenvalue weighted by Gasteiger charge is 2.37. The molecule has 6 heteroatoms. The molecule has 1 saturated heterocycles. The number of aromatic nitrogens is 1. The lowest BCUT2D eigenvalue weighted by Crippen LogP contribution is -2.36. The molecule has 24 heavy (non-hydrogen) atoms. The molecule has 0 spiro atoms. The van der Waals surface area contributed by atoms with E-state index in [1.54, 1.807) is 4.90 Å². The van der Waals surface area contributed by atoms with Gasteiger partial charge in [0.05, 0.1) is 12.2 Å². The molecule has 124 valence electrons. The molecule has 5 nitrogen and oxygen atoms in total. The fourth-order valence-corrected chi connectivity index (χ4v) is 3.21. The summed E-state index contributed by atoms with van der Waals surface area (Å²) in [6, 6.07) is 13.2. The summed E-state index contributed by atoms with van der Waals surface area (Å²) < 4.78 is 0.909. The van der Waals surface area contributed by atoms with Crippen LogP contribution in [0.5, 0.6) is 0 Å². The van der Waals surface area contributed by atoms with E-state index in [-0.39, 0.29) is 11.8 Å². The van der Waals surface area contributed by atoms with Gasteiger partial charge < -0.3 is 10.2 Å². The van der Waals surface area contributed by atoms with Crippen molar-refractivity contribution >= 4 is 33.4 Å². The number of hydrogen-bond acceptors (Lipinski definition) is 3. The first-order valence-corrected chi connectivity index (χ1v) is 8.61. The Morgan fingerprint density at radius 3 is 2.88 bits per heavy atom. The molecule has 1 aliphatic rings. The Hall–Kier alpha value is -2.21. The Kier molecular flexibility index (Phi) is 4.94. The number of pyridine rings is 1. The topological polar surface area (TPSA) is 62.3 Å². The van der Waals surface area contributed by atoms with Crippen LogP contribution < -0.4 is 10.2 Å². The molecule has 0 aliphatic carbocycles. The summed E-state index contributed by atoms with van der Waals surface area (Å²) in [5.74, 6) is -1.02. The molecule has 1 aliphatic heterocycles. The molecule has 1 fully saturated rings. The van der Waals surface area contributed by atoms with Gasteiger partial charge in [-0.15, -0.1) is 0 Å². The molecule has 2 heterocycles. The van der Waals surface area contributed by atoms with Crippen molar-refractivity contribution in [3.05, 3.63) is 58.3 Å². The number of nitrogens with one attached hydrogen (secondary N) is 1. The Bertz CT molecular complexity index is 778. The summed E-state index contributed by atoms with van der Waals surface area (Å²) in [4.78, 5) is 30.9. The third kappa shape index (κ3) is 3.64. The first kappa shape index (κ1) is 16.6. The molecule has 1 unspecified atom stereocenters. The number of carbonyl (C=O) groups is 2. The van der Waals surface area contributed by atoms with Gasteiger partial charge in [0.1, 0.15) is 5.92 Å². The van der Waals surface area contributed by atoms with Gasteiger partial charge in [-0.1, -0.05) is 28.1 Å². The summed E-state index contributed by atoms with van der Waals surface area (Å²) in [6.45, 7) is 2.79. The third-order valence-corrected chi connectivity index (χ3v) is 4.52. The first-order valence-electron chi connectivity index (χ1n) is 7.82. The average molecular weight is 388 g/mol. The van der Waals surface area contributed by atoms with Gasteiger partial charge in [-0.25, -0.2) is 0 Å². The van der Waals surface area contributed by atoms with Crippen LogP contribution >= 0.6 is 15.9 Å². The molecule has 0 bridgehead atoms. The van der Waals surface area contributed by atoms with Crippen LogP contribution in [0.4, 0.5) is 5.69 Å². The molecule has 2 aromatic rings. The first-order chi connectivity index (χ1) is 11.5. The summed E-state index contributed by atoms with van der Waals surface area (Å²) in [6.07, 6.45) is 0.526. The molecule has 2 amide bonds. The van der Waals surface area contributed by atoms with Crippen molar-refractivity contribution in [3.63, 3.8) is 0 Å². The highest BCUT2D eigenvalue weighted by molar-refractivity contribution is 9.10. The Morgan fingerprint density at radius 1 is 1.33 bits per heavy atom. The lowest BCUT2D eigenvalue weighted by Gasteiger charge is -2.17. The fraction of sp³-hybridized carbons (Fsp3) is 0.278. The van der Waals surface area contributed by atoms with Crippen LogP contribution in [0, 0.1) is 12.8 Å². The molecular formula is C18H18BrN3O2. The number of nitrogens with zero attached hydrogens (tertiary/aromatic N) is 2. The highest BCUT2D eigenvalue weighted by atomic mass is 79.9. The van der Waals surface area contributed by atoms with E-state index >= 15 is 0 Å². The van der Waals surface area contributed by atoms with Crippen LogP contribution in [-0.4, -0.2) is 23.3 Å². The van der Waals surface area contributed by atoms with E-state index in [9.17, 15) is 9.59 Å². The van der Waals surface area contributed by atoms with Gasteiger partial charge in [0.25, 0.3) is 0 Å². The third-order valence-electron chi connectivity index (χ3n) is 4.03. The largest absolute Gasteiger partial charge is 0.350 e. The summed E-state index contributed by atoms with van der Waals surface area (Å²) >= 11 is 3.41. The van der Waals surface area contributed by atoms with Gasteiger partial charge in [-0.05, 0) is 43.7 Å². The van der Waals surface area contributed by atoms with Crippen LogP contribution in [0.25, 0.3) is 0 Å². The number of halogens is 1. The molecule has 1 aromatic heterocycles. The zero-order valence-electron chi connectivity index (χ0n) is 13.3. The second-order valence-corrected chi connectivity index (χ2v) is 6.71. The second kappa shape index (κ2) is 7.13. The Morgan fingerprint density at radius 2 is 2.12 bits per heavy atom. The zero-order valence-corrected chi connectivity index (χ0v) is 14.9. The van der Waals surface area contributed by atoms with Gasteiger partial charge in [0.15, 0.2) is 0 Å². The smallest absolute Gasteiger partial charge is 0.239 e. The van der Waals surface area contributed by atoms with Gasteiger partial charge >= 0.3 is 0 Å². The van der Waals surface area contributed by atoms with E-state index in [1.165, 1.54) is 0 Å². The van der Waals surface area contributed by atoms with Crippen LogP contribution in [0.3, 0.4) is 0 Å². The van der Waals surface area contributed by atoms with E-state index in [2.05, 4.69) is 26.2 Å². The number of rotatable bonds is 4. The maximum atomic E-state index is 12.6. The lowest BCUT2D eigenvalue weighted by atomic mass is 10.1. The fourth-order valence-electron chi connectivity index (χ4n) is 2.82.